The van der Waals surface area contributed by atoms with Crippen LogP contribution >= 0.6 is 23.5 Å². The van der Waals surface area contributed by atoms with Gasteiger partial charge in [-0.15, -0.1) is 23.5 Å². The van der Waals surface area contributed by atoms with Crippen LogP contribution in [-0.2, 0) is 10.8 Å². The van der Waals surface area contributed by atoms with Gasteiger partial charge in [0.05, 0.1) is 9.79 Å². The summed E-state index contributed by atoms with van der Waals surface area (Å²) in [5.41, 5.74) is 1.55. The summed E-state index contributed by atoms with van der Waals surface area (Å²) in [4.78, 5) is 1.59. The van der Waals surface area contributed by atoms with Crippen molar-refractivity contribution < 1.29 is 19.7 Å². The van der Waals surface area contributed by atoms with Crippen LogP contribution in [0.5, 0.6) is 23.0 Å². The standard InChI is InChI=1S/C23H28O4S2/c1-21(2)11-23(26-17-9-19(28-5)15(24)7-13(17)21)12-22(3,4)14-8-16(25)20(29-6)10-18(14)27-23/h7-10,24-25H,11-12H2,1-6H3. The van der Waals surface area contributed by atoms with Crippen molar-refractivity contribution in [2.45, 2.75) is 66.9 Å². The van der Waals surface area contributed by atoms with E-state index >= 15 is 0 Å². The number of thioether (sulfide) groups is 2. The third kappa shape index (κ3) is 3.34. The first-order chi connectivity index (χ1) is 13.5. The fraction of sp³-hybridized carbons (Fsp3) is 0.478. The summed E-state index contributed by atoms with van der Waals surface area (Å²) in [6.07, 6.45) is 5.23. The molecular weight excluding hydrogens is 404 g/mol. The highest BCUT2D eigenvalue weighted by Crippen LogP contribution is 2.55. The van der Waals surface area contributed by atoms with E-state index in [1.54, 1.807) is 0 Å². The van der Waals surface area contributed by atoms with Crippen molar-refractivity contribution in [3.05, 3.63) is 35.4 Å². The molecule has 0 unspecified atom stereocenters. The molecule has 4 nitrogen and oxygen atoms in total. The lowest BCUT2D eigenvalue weighted by Crippen LogP contribution is -2.55. The molecule has 0 amide bonds. The van der Waals surface area contributed by atoms with Crippen molar-refractivity contribution in [1.82, 2.24) is 0 Å². The van der Waals surface area contributed by atoms with Crippen LogP contribution in [0.2, 0.25) is 0 Å². The number of ether oxygens (including phenoxy) is 2. The van der Waals surface area contributed by atoms with E-state index in [0.717, 1.165) is 32.4 Å². The van der Waals surface area contributed by atoms with Crippen molar-refractivity contribution in [1.29, 1.82) is 0 Å². The van der Waals surface area contributed by atoms with Crippen molar-refractivity contribution in [2.24, 2.45) is 0 Å². The quantitative estimate of drug-likeness (QED) is 0.563. The second kappa shape index (κ2) is 6.67. The monoisotopic (exact) mass is 432 g/mol. The van der Waals surface area contributed by atoms with Gasteiger partial charge in [-0.25, -0.2) is 0 Å². The van der Waals surface area contributed by atoms with Crippen LogP contribution in [0.15, 0.2) is 34.1 Å². The minimum atomic E-state index is -0.799. The number of hydrogen-bond acceptors (Lipinski definition) is 6. The number of fused-ring (bicyclic) bond motifs is 2. The summed E-state index contributed by atoms with van der Waals surface area (Å²) in [5, 5.41) is 20.7. The number of phenols is 2. The van der Waals surface area contributed by atoms with Crippen LogP contribution in [0.1, 0.15) is 51.7 Å². The largest absolute Gasteiger partial charge is 0.507 e. The second-order valence-electron chi connectivity index (χ2n) is 9.28. The van der Waals surface area contributed by atoms with E-state index in [1.807, 2.05) is 36.8 Å². The maximum absolute atomic E-state index is 10.4. The average molecular weight is 433 g/mol. The minimum Gasteiger partial charge on any atom is -0.507 e. The smallest absolute Gasteiger partial charge is 0.252 e. The molecule has 0 saturated carbocycles. The summed E-state index contributed by atoms with van der Waals surface area (Å²) >= 11 is 2.99. The van der Waals surface area contributed by atoms with Gasteiger partial charge in [0.2, 0.25) is 0 Å². The highest BCUT2D eigenvalue weighted by atomic mass is 32.2. The normalized spacial score (nSPS) is 20.3. The van der Waals surface area contributed by atoms with Gasteiger partial charge < -0.3 is 19.7 Å². The molecule has 2 aliphatic rings. The molecule has 156 valence electrons. The summed E-state index contributed by atoms with van der Waals surface area (Å²) in [6, 6.07) is 7.52. The van der Waals surface area contributed by atoms with Crippen LogP contribution < -0.4 is 9.47 Å². The van der Waals surface area contributed by atoms with Crippen molar-refractivity contribution in [2.75, 3.05) is 12.5 Å². The van der Waals surface area contributed by atoms with E-state index in [4.69, 9.17) is 9.47 Å². The van der Waals surface area contributed by atoms with Gasteiger partial charge in [-0.3, -0.25) is 0 Å². The molecule has 2 aliphatic heterocycles. The molecule has 2 heterocycles. The lowest BCUT2D eigenvalue weighted by Gasteiger charge is -2.51. The number of hydrogen-bond donors (Lipinski definition) is 2. The Kier molecular flexibility index (Phi) is 4.74. The topological polar surface area (TPSA) is 58.9 Å². The average Bonchev–Trinajstić information content (AvgIpc) is 2.61. The molecule has 0 radical (unpaired) electrons. The van der Waals surface area contributed by atoms with Gasteiger partial charge in [0, 0.05) is 34.8 Å². The van der Waals surface area contributed by atoms with Gasteiger partial charge in [-0.2, -0.15) is 0 Å². The molecule has 2 aromatic carbocycles. The molecule has 0 aromatic heterocycles. The van der Waals surface area contributed by atoms with Gasteiger partial charge in [0.1, 0.15) is 23.0 Å². The molecular formula is C23H28O4S2. The number of benzene rings is 2. The molecule has 0 atom stereocenters. The van der Waals surface area contributed by atoms with Gasteiger partial charge in [-0.1, -0.05) is 27.7 Å². The highest BCUT2D eigenvalue weighted by molar-refractivity contribution is 7.99. The highest BCUT2D eigenvalue weighted by Gasteiger charge is 2.53. The Morgan fingerprint density at radius 3 is 1.45 bits per heavy atom. The molecule has 0 aliphatic carbocycles. The number of phenolic OH excluding ortho intramolecular Hbond substituents is 2. The Morgan fingerprint density at radius 1 is 0.724 bits per heavy atom. The Balaban J connectivity index is 1.84. The first-order valence-electron chi connectivity index (χ1n) is 9.71. The maximum Gasteiger partial charge on any atom is 0.252 e. The van der Waals surface area contributed by atoms with E-state index < -0.39 is 5.79 Å². The van der Waals surface area contributed by atoms with Crippen LogP contribution in [0, 0.1) is 0 Å². The zero-order valence-corrected chi connectivity index (χ0v) is 19.4. The van der Waals surface area contributed by atoms with Crippen LogP contribution in [0.3, 0.4) is 0 Å². The fourth-order valence-corrected chi connectivity index (χ4v) is 5.80. The third-order valence-electron chi connectivity index (χ3n) is 6.03. The first kappa shape index (κ1) is 20.6. The Hall–Kier alpha value is -1.66. The summed E-state index contributed by atoms with van der Waals surface area (Å²) in [6.45, 7) is 8.68. The predicted octanol–water partition coefficient (Wildman–Crippen LogP) is 6.06. The van der Waals surface area contributed by atoms with E-state index in [9.17, 15) is 10.2 Å². The van der Waals surface area contributed by atoms with Crippen molar-refractivity contribution in [3.8, 4) is 23.0 Å². The molecule has 0 fully saturated rings. The molecule has 4 rings (SSSR count). The molecule has 0 bridgehead atoms. The lowest BCUT2D eigenvalue weighted by atomic mass is 9.69. The van der Waals surface area contributed by atoms with Crippen molar-refractivity contribution >= 4 is 23.5 Å². The van der Waals surface area contributed by atoms with E-state index in [-0.39, 0.29) is 10.8 Å². The Morgan fingerprint density at radius 2 is 1.10 bits per heavy atom. The maximum atomic E-state index is 10.4. The van der Waals surface area contributed by atoms with Gasteiger partial charge >= 0.3 is 0 Å². The minimum absolute atomic E-state index is 0.227. The fourth-order valence-electron chi connectivity index (χ4n) is 4.82. The van der Waals surface area contributed by atoms with Gasteiger partial charge in [0.25, 0.3) is 5.79 Å². The second-order valence-corrected chi connectivity index (χ2v) is 11.0. The van der Waals surface area contributed by atoms with Gasteiger partial charge in [-0.05, 0) is 36.8 Å². The Labute approximate surface area is 181 Å². The number of rotatable bonds is 2. The molecule has 2 aromatic rings. The lowest BCUT2D eigenvalue weighted by molar-refractivity contribution is -0.166. The van der Waals surface area contributed by atoms with Crippen molar-refractivity contribution in [3.63, 3.8) is 0 Å². The zero-order chi connectivity index (χ0) is 21.2. The summed E-state index contributed by atoms with van der Waals surface area (Å²) < 4.78 is 13.1. The van der Waals surface area contributed by atoms with E-state index in [2.05, 4.69) is 27.7 Å². The molecule has 1 spiro atoms. The van der Waals surface area contributed by atoms with Crippen LogP contribution in [0.25, 0.3) is 0 Å². The molecule has 6 heteroatoms. The van der Waals surface area contributed by atoms with Gasteiger partial charge in [0.15, 0.2) is 0 Å². The molecule has 29 heavy (non-hydrogen) atoms. The number of aromatic hydroxyl groups is 2. The van der Waals surface area contributed by atoms with E-state index in [1.165, 1.54) is 23.5 Å². The molecule has 2 N–H and O–H groups in total. The summed E-state index contributed by atoms with van der Waals surface area (Å²) in [7, 11) is 0. The summed E-state index contributed by atoms with van der Waals surface area (Å²) in [5.74, 6) is 1.32. The van der Waals surface area contributed by atoms with Crippen LogP contribution in [0.4, 0.5) is 0 Å². The third-order valence-corrected chi connectivity index (χ3v) is 7.57. The first-order valence-corrected chi connectivity index (χ1v) is 12.2. The van der Waals surface area contributed by atoms with E-state index in [0.29, 0.717) is 24.3 Å². The SMILES string of the molecule is CSc1cc2c(cc1O)C(C)(C)CC1(CC(C)(C)c3cc(O)c(SC)cc3O1)O2. The predicted molar refractivity (Wildman–Crippen MR) is 119 cm³/mol. The van der Waals surface area contributed by atoms with Crippen LogP contribution in [-0.4, -0.2) is 28.5 Å². The Bertz CT molecular complexity index is 902. The zero-order valence-electron chi connectivity index (χ0n) is 17.8. The molecule has 0 saturated heterocycles.